The van der Waals surface area contributed by atoms with Crippen LogP contribution >= 0.6 is 0 Å². The van der Waals surface area contributed by atoms with Crippen LogP contribution in [0.1, 0.15) is 32.3 Å². The minimum atomic E-state index is -0.863. The van der Waals surface area contributed by atoms with Gasteiger partial charge in [0.1, 0.15) is 0 Å². The fraction of sp³-hybridized carbons (Fsp3) is 0.588. The molecule has 4 nitrogen and oxygen atoms in total. The summed E-state index contributed by atoms with van der Waals surface area (Å²) in [6.45, 7) is 6.37. The third-order valence-corrected chi connectivity index (χ3v) is 4.13. The van der Waals surface area contributed by atoms with Crippen molar-refractivity contribution in [1.82, 2.24) is 4.90 Å². The minimum Gasteiger partial charge on any atom is -0.466 e. The summed E-state index contributed by atoms with van der Waals surface area (Å²) in [6, 6.07) is 9.73. The van der Waals surface area contributed by atoms with Gasteiger partial charge in [-0.15, -0.1) is 0 Å². The average molecular weight is 291 g/mol. The van der Waals surface area contributed by atoms with Gasteiger partial charge in [0.2, 0.25) is 0 Å². The monoisotopic (exact) mass is 291 g/mol. The fourth-order valence-electron chi connectivity index (χ4n) is 2.91. The summed E-state index contributed by atoms with van der Waals surface area (Å²) in [6.07, 6.45) is 1.62. The Balaban J connectivity index is 1.87. The molecule has 1 atom stereocenters. The van der Waals surface area contributed by atoms with E-state index in [2.05, 4.69) is 4.90 Å². The van der Waals surface area contributed by atoms with Crippen LogP contribution in [0.5, 0.6) is 0 Å². The molecule has 2 rings (SSSR count). The lowest BCUT2D eigenvalue weighted by Crippen LogP contribution is -2.44. The highest BCUT2D eigenvalue weighted by atomic mass is 16.5. The van der Waals surface area contributed by atoms with E-state index in [-0.39, 0.29) is 11.9 Å². The standard InChI is InChI=1S/C17H25NO3/c1-3-21-16(19)14-9-11-18(12-10-14)13-17(2,20)15-7-5-4-6-8-15/h4-8,14,20H,3,9-13H2,1-2H3/t17-/m1/s1. The molecule has 1 heterocycles. The lowest BCUT2D eigenvalue weighted by molar-refractivity contribution is -0.149. The van der Waals surface area contributed by atoms with Crippen LogP contribution in [0.2, 0.25) is 0 Å². The van der Waals surface area contributed by atoms with Gasteiger partial charge in [-0.25, -0.2) is 0 Å². The molecule has 1 N–H and O–H groups in total. The normalized spacial score (nSPS) is 20.0. The van der Waals surface area contributed by atoms with Gasteiger partial charge in [-0.05, 0) is 45.3 Å². The molecule has 0 saturated carbocycles. The van der Waals surface area contributed by atoms with Gasteiger partial charge >= 0.3 is 5.97 Å². The lowest BCUT2D eigenvalue weighted by Gasteiger charge is -2.36. The summed E-state index contributed by atoms with van der Waals surface area (Å²) < 4.78 is 5.08. The van der Waals surface area contributed by atoms with Crippen LogP contribution in [-0.4, -0.2) is 42.2 Å². The number of β-amino-alcohol motifs (C(OH)–C–C–N with tert-alkyl or cyclic N) is 1. The van der Waals surface area contributed by atoms with Crippen LogP contribution in [0.15, 0.2) is 30.3 Å². The zero-order valence-corrected chi connectivity index (χ0v) is 12.9. The second kappa shape index (κ2) is 7.05. The molecule has 0 aromatic heterocycles. The largest absolute Gasteiger partial charge is 0.466 e. The van der Waals surface area contributed by atoms with E-state index in [0.717, 1.165) is 31.5 Å². The zero-order valence-electron chi connectivity index (χ0n) is 12.9. The number of likely N-dealkylation sites (tertiary alicyclic amines) is 1. The van der Waals surface area contributed by atoms with Crippen molar-refractivity contribution < 1.29 is 14.6 Å². The maximum absolute atomic E-state index is 11.7. The number of carbonyl (C=O) groups excluding carboxylic acids is 1. The summed E-state index contributed by atoms with van der Waals surface area (Å²) in [4.78, 5) is 13.9. The maximum Gasteiger partial charge on any atom is 0.309 e. The Hall–Kier alpha value is -1.39. The molecule has 21 heavy (non-hydrogen) atoms. The minimum absolute atomic E-state index is 0.0166. The third kappa shape index (κ3) is 4.29. The Bertz CT molecular complexity index is 450. The molecule has 1 aliphatic rings. The third-order valence-electron chi connectivity index (χ3n) is 4.13. The van der Waals surface area contributed by atoms with E-state index in [1.807, 2.05) is 44.2 Å². The number of rotatable bonds is 5. The fourth-order valence-corrected chi connectivity index (χ4v) is 2.91. The van der Waals surface area contributed by atoms with Crippen LogP contribution in [0.25, 0.3) is 0 Å². The average Bonchev–Trinajstić information content (AvgIpc) is 2.49. The predicted molar refractivity (Wildman–Crippen MR) is 81.8 cm³/mol. The predicted octanol–water partition coefficient (Wildman–Crippen LogP) is 2.17. The van der Waals surface area contributed by atoms with Crippen molar-refractivity contribution in [2.75, 3.05) is 26.2 Å². The van der Waals surface area contributed by atoms with Crippen molar-refractivity contribution in [3.63, 3.8) is 0 Å². The smallest absolute Gasteiger partial charge is 0.309 e. The Labute approximate surface area is 126 Å². The Morgan fingerprint density at radius 1 is 1.33 bits per heavy atom. The van der Waals surface area contributed by atoms with Crippen molar-refractivity contribution in [3.8, 4) is 0 Å². The van der Waals surface area contributed by atoms with E-state index >= 15 is 0 Å². The molecule has 0 unspecified atom stereocenters. The van der Waals surface area contributed by atoms with Gasteiger partial charge in [0, 0.05) is 6.54 Å². The van der Waals surface area contributed by atoms with Crippen LogP contribution in [0.3, 0.4) is 0 Å². The number of ether oxygens (including phenoxy) is 1. The molecule has 0 amide bonds. The zero-order chi connectivity index (χ0) is 15.3. The highest BCUT2D eigenvalue weighted by Crippen LogP contribution is 2.25. The van der Waals surface area contributed by atoms with Crippen molar-refractivity contribution >= 4 is 5.97 Å². The second-order valence-corrected chi connectivity index (χ2v) is 5.94. The quantitative estimate of drug-likeness (QED) is 0.845. The van der Waals surface area contributed by atoms with Crippen molar-refractivity contribution in [2.45, 2.75) is 32.3 Å². The first-order valence-electron chi connectivity index (χ1n) is 7.70. The number of piperidine rings is 1. The Kier molecular flexibility index (Phi) is 5.37. The first kappa shape index (κ1) is 16.0. The molecule has 0 radical (unpaired) electrons. The van der Waals surface area contributed by atoms with Crippen LogP contribution in [-0.2, 0) is 15.1 Å². The van der Waals surface area contributed by atoms with Gasteiger partial charge in [-0.1, -0.05) is 30.3 Å². The number of carbonyl (C=O) groups is 1. The highest BCUT2D eigenvalue weighted by molar-refractivity contribution is 5.72. The van der Waals surface area contributed by atoms with E-state index in [0.29, 0.717) is 13.2 Å². The molecule has 0 aliphatic carbocycles. The van der Waals surface area contributed by atoms with Crippen molar-refractivity contribution in [1.29, 1.82) is 0 Å². The van der Waals surface area contributed by atoms with Crippen LogP contribution < -0.4 is 0 Å². The molecular weight excluding hydrogens is 266 g/mol. The number of esters is 1. The summed E-state index contributed by atoms with van der Waals surface area (Å²) in [7, 11) is 0. The number of nitrogens with zero attached hydrogens (tertiary/aromatic N) is 1. The summed E-state index contributed by atoms with van der Waals surface area (Å²) in [5, 5.41) is 10.7. The van der Waals surface area contributed by atoms with Gasteiger partial charge in [0.15, 0.2) is 0 Å². The topological polar surface area (TPSA) is 49.8 Å². The van der Waals surface area contributed by atoms with Gasteiger partial charge in [0.25, 0.3) is 0 Å². The first-order valence-corrected chi connectivity index (χ1v) is 7.70. The van der Waals surface area contributed by atoms with E-state index in [1.54, 1.807) is 0 Å². The van der Waals surface area contributed by atoms with E-state index in [4.69, 9.17) is 4.74 Å². The van der Waals surface area contributed by atoms with Gasteiger partial charge in [-0.2, -0.15) is 0 Å². The van der Waals surface area contributed by atoms with E-state index in [9.17, 15) is 9.90 Å². The molecule has 1 aliphatic heterocycles. The SMILES string of the molecule is CCOC(=O)C1CCN(C[C@@](C)(O)c2ccccc2)CC1. The number of benzene rings is 1. The van der Waals surface area contributed by atoms with E-state index in [1.165, 1.54) is 0 Å². The molecule has 4 heteroatoms. The molecule has 1 aromatic rings. The molecule has 1 fully saturated rings. The van der Waals surface area contributed by atoms with Crippen LogP contribution in [0.4, 0.5) is 0 Å². The maximum atomic E-state index is 11.7. The highest BCUT2D eigenvalue weighted by Gasteiger charge is 2.31. The summed E-state index contributed by atoms with van der Waals surface area (Å²) in [5.41, 5.74) is 0.0652. The van der Waals surface area contributed by atoms with Gasteiger partial charge < -0.3 is 14.7 Å². The molecule has 1 aromatic carbocycles. The lowest BCUT2D eigenvalue weighted by atomic mass is 9.92. The molecule has 116 valence electrons. The summed E-state index contributed by atoms with van der Waals surface area (Å²) >= 11 is 0. The van der Waals surface area contributed by atoms with Crippen LogP contribution in [0, 0.1) is 5.92 Å². The van der Waals surface area contributed by atoms with Crippen molar-refractivity contribution in [2.24, 2.45) is 5.92 Å². The number of hydrogen-bond donors (Lipinski definition) is 1. The van der Waals surface area contributed by atoms with E-state index < -0.39 is 5.60 Å². The second-order valence-electron chi connectivity index (χ2n) is 5.94. The number of aliphatic hydroxyl groups is 1. The van der Waals surface area contributed by atoms with Crippen molar-refractivity contribution in [3.05, 3.63) is 35.9 Å². The van der Waals surface area contributed by atoms with Gasteiger partial charge in [-0.3, -0.25) is 4.79 Å². The molecule has 1 saturated heterocycles. The molecular formula is C17H25NO3. The molecule has 0 spiro atoms. The van der Waals surface area contributed by atoms with Gasteiger partial charge in [0.05, 0.1) is 18.1 Å². The Morgan fingerprint density at radius 2 is 1.95 bits per heavy atom. The Morgan fingerprint density at radius 3 is 2.52 bits per heavy atom. The summed E-state index contributed by atoms with van der Waals surface area (Å²) in [5.74, 6) is -0.0603. The first-order chi connectivity index (χ1) is 10.0. The molecule has 0 bridgehead atoms. The number of hydrogen-bond acceptors (Lipinski definition) is 4.